The lowest BCUT2D eigenvalue weighted by Gasteiger charge is -2.25. The van der Waals surface area contributed by atoms with Crippen molar-refractivity contribution in [3.63, 3.8) is 0 Å². The van der Waals surface area contributed by atoms with Crippen molar-refractivity contribution >= 4 is 11.8 Å². The molecule has 0 spiro atoms. The van der Waals surface area contributed by atoms with Crippen LogP contribution in [0.15, 0.2) is 0 Å². The van der Waals surface area contributed by atoms with Crippen LogP contribution in [0.3, 0.4) is 0 Å². The zero-order valence-electron chi connectivity index (χ0n) is 7.75. The number of nitrogens with two attached hydrogens (primary N) is 1. The van der Waals surface area contributed by atoms with Gasteiger partial charge >= 0.3 is 11.8 Å². The van der Waals surface area contributed by atoms with Gasteiger partial charge in [-0.05, 0) is 13.3 Å². The summed E-state index contributed by atoms with van der Waals surface area (Å²) in [5.74, 6) is -0.978. The van der Waals surface area contributed by atoms with Crippen LogP contribution in [0.5, 0.6) is 0 Å². The quantitative estimate of drug-likeness (QED) is 0.524. The molecule has 13 heavy (non-hydrogen) atoms. The van der Waals surface area contributed by atoms with Gasteiger partial charge < -0.3 is 16.0 Å². The molecule has 1 saturated heterocycles. The van der Waals surface area contributed by atoms with Crippen LogP contribution < -0.4 is 11.1 Å². The van der Waals surface area contributed by atoms with Crippen LogP contribution in [0, 0.1) is 0 Å². The topological polar surface area (TPSA) is 75.4 Å². The lowest BCUT2D eigenvalue weighted by atomic mass is 10.2. The van der Waals surface area contributed by atoms with E-state index in [2.05, 4.69) is 5.32 Å². The third kappa shape index (κ3) is 2.18. The fourth-order valence-electron chi connectivity index (χ4n) is 1.31. The van der Waals surface area contributed by atoms with E-state index in [1.54, 1.807) is 0 Å². The Hall–Kier alpha value is -1.10. The van der Waals surface area contributed by atoms with E-state index in [0.717, 1.165) is 6.42 Å². The van der Waals surface area contributed by atoms with Crippen LogP contribution in [-0.4, -0.2) is 42.4 Å². The highest BCUT2D eigenvalue weighted by Crippen LogP contribution is 2.03. The predicted octanol–water partition coefficient (Wildman–Crippen LogP) is -1.32. The van der Waals surface area contributed by atoms with E-state index >= 15 is 0 Å². The smallest absolute Gasteiger partial charge is 0.312 e. The van der Waals surface area contributed by atoms with Crippen molar-refractivity contribution in [2.24, 2.45) is 5.73 Å². The van der Waals surface area contributed by atoms with Gasteiger partial charge in [-0.25, -0.2) is 0 Å². The minimum absolute atomic E-state index is 0.0589. The molecule has 74 valence electrons. The molecule has 1 fully saturated rings. The maximum atomic E-state index is 11.4. The van der Waals surface area contributed by atoms with Crippen molar-refractivity contribution in [2.45, 2.75) is 19.4 Å². The van der Waals surface area contributed by atoms with E-state index in [0.29, 0.717) is 19.6 Å². The maximum Gasteiger partial charge on any atom is 0.312 e. The number of hydrogen-bond acceptors (Lipinski definition) is 3. The SMILES string of the molecule is CC(CN)N1CCCNC(=O)C1=O. The van der Waals surface area contributed by atoms with Crippen LogP contribution in [0.1, 0.15) is 13.3 Å². The second kappa shape index (κ2) is 4.23. The van der Waals surface area contributed by atoms with Gasteiger partial charge in [-0.1, -0.05) is 0 Å². The molecule has 1 atom stereocenters. The molecule has 0 aromatic carbocycles. The molecular weight excluding hydrogens is 170 g/mol. The van der Waals surface area contributed by atoms with Crippen LogP contribution in [-0.2, 0) is 9.59 Å². The Labute approximate surface area is 77.3 Å². The molecule has 1 unspecified atom stereocenters. The standard InChI is InChI=1S/C8H15N3O2/c1-6(5-9)11-4-2-3-10-7(12)8(11)13/h6H,2-5,9H2,1H3,(H,10,12). The Bertz CT molecular complexity index is 217. The Morgan fingerprint density at radius 2 is 2.31 bits per heavy atom. The summed E-state index contributed by atoms with van der Waals surface area (Å²) in [6.07, 6.45) is 0.793. The largest absolute Gasteiger partial charge is 0.348 e. The van der Waals surface area contributed by atoms with E-state index in [4.69, 9.17) is 5.73 Å². The van der Waals surface area contributed by atoms with Crippen molar-refractivity contribution < 1.29 is 9.59 Å². The normalized spacial score (nSPS) is 20.9. The third-order valence-corrected chi connectivity index (χ3v) is 2.19. The fraction of sp³-hybridized carbons (Fsp3) is 0.750. The van der Waals surface area contributed by atoms with E-state index in [-0.39, 0.29) is 6.04 Å². The molecule has 3 N–H and O–H groups in total. The van der Waals surface area contributed by atoms with Gasteiger partial charge in [0.2, 0.25) is 0 Å². The Morgan fingerprint density at radius 3 is 2.92 bits per heavy atom. The molecule has 1 aliphatic rings. The number of amides is 2. The first kappa shape index (κ1) is 9.98. The highest BCUT2D eigenvalue weighted by molar-refractivity contribution is 6.35. The zero-order valence-corrected chi connectivity index (χ0v) is 7.75. The summed E-state index contributed by atoms with van der Waals surface area (Å²) in [5, 5.41) is 2.53. The lowest BCUT2D eigenvalue weighted by molar-refractivity contribution is -0.146. The van der Waals surface area contributed by atoms with E-state index in [9.17, 15) is 9.59 Å². The van der Waals surface area contributed by atoms with Crippen LogP contribution in [0.2, 0.25) is 0 Å². The minimum Gasteiger partial charge on any atom is -0.348 e. The monoisotopic (exact) mass is 185 g/mol. The summed E-state index contributed by atoms with van der Waals surface area (Å²) in [6, 6.07) is -0.0589. The molecule has 0 bridgehead atoms. The molecule has 0 aliphatic carbocycles. The summed E-state index contributed by atoms with van der Waals surface area (Å²) < 4.78 is 0. The summed E-state index contributed by atoms with van der Waals surface area (Å²) in [6.45, 7) is 3.41. The molecule has 0 aromatic heterocycles. The summed E-state index contributed by atoms with van der Waals surface area (Å²) in [7, 11) is 0. The second-order valence-electron chi connectivity index (χ2n) is 3.19. The molecule has 1 rings (SSSR count). The molecule has 0 aromatic rings. The average Bonchev–Trinajstić information content (AvgIpc) is 2.29. The van der Waals surface area contributed by atoms with Gasteiger partial charge in [0.1, 0.15) is 0 Å². The summed E-state index contributed by atoms with van der Waals surface area (Å²) in [5.41, 5.74) is 5.44. The first-order valence-corrected chi connectivity index (χ1v) is 4.45. The lowest BCUT2D eigenvalue weighted by Crippen LogP contribution is -2.47. The number of carbonyl (C=O) groups excluding carboxylic acids is 2. The minimum atomic E-state index is -0.516. The molecule has 5 nitrogen and oxygen atoms in total. The summed E-state index contributed by atoms with van der Waals surface area (Å²) in [4.78, 5) is 24.0. The molecule has 1 heterocycles. The van der Waals surface area contributed by atoms with Crippen molar-refractivity contribution in [2.75, 3.05) is 19.6 Å². The number of nitrogens with one attached hydrogen (secondary N) is 1. The first-order chi connectivity index (χ1) is 6.16. The fourth-order valence-corrected chi connectivity index (χ4v) is 1.31. The van der Waals surface area contributed by atoms with Crippen LogP contribution >= 0.6 is 0 Å². The van der Waals surface area contributed by atoms with Gasteiger partial charge in [0.15, 0.2) is 0 Å². The van der Waals surface area contributed by atoms with Crippen molar-refractivity contribution in [1.82, 2.24) is 10.2 Å². The Kier molecular flexibility index (Phi) is 3.25. The zero-order chi connectivity index (χ0) is 9.84. The van der Waals surface area contributed by atoms with Gasteiger partial charge in [0.25, 0.3) is 0 Å². The first-order valence-electron chi connectivity index (χ1n) is 4.45. The average molecular weight is 185 g/mol. The van der Waals surface area contributed by atoms with Gasteiger partial charge in [-0.2, -0.15) is 0 Å². The highest BCUT2D eigenvalue weighted by Gasteiger charge is 2.26. The van der Waals surface area contributed by atoms with Gasteiger partial charge in [0.05, 0.1) is 0 Å². The molecule has 0 saturated carbocycles. The van der Waals surface area contributed by atoms with Gasteiger partial charge in [-0.3, -0.25) is 9.59 Å². The number of nitrogens with zero attached hydrogens (tertiary/aromatic N) is 1. The molecule has 0 radical (unpaired) electrons. The molecule has 2 amide bonds. The molecule has 5 heteroatoms. The van der Waals surface area contributed by atoms with Crippen molar-refractivity contribution in [3.8, 4) is 0 Å². The van der Waals surface area contributed by atoms with Crippen LogP contribution in [0.25, 0.3) is 0 Å². The van der Waals surface area contributed by atoms with E-state index < -0.39 is 11.8 Å². The maximum absolute atomic E-state index is 11.4. The van der Waals surface area contributed by atoms with Crippen molar-refractivity contribution in [1.29, 1.82) is 0 Å². The number of rotatable bonds is 2. The summed E-state index contributed by atoms with van der Waals surface area (Å²) >= 11 is 0. The van der Waals surface area contributed by atoms with Gasteiger partial charge in [-0.15, -0.1) is 0 Å². The third-order valence-electron chi connectivity index (χ3n) is 2.19. The van der Waals surface area contributed by atoms with Crippen molar-refractivity contribution in [3.05, 3.63) is 0 Å². The van der Waals surface area contributed by atoms with E-state index in [1.165, 1.54) is 4.90 Å². The van der Waals surface area contributed by atoms with Gasteiger partial charge in [0, 0.05) is 25.7 Å². The van der Waals surface area contributed by atoms with E-state index in [1.807, 2.05) is 6.92 Å². The Balaban J connectivity index is 2.70. The predicted molar refractivity (Wildman–Crippen MR) is 47.9 cm³/mol. The molecular formula is C8H15N3O2. The second-order valence-corrected chi connectivity index (χ2v) is 3.19. The number of hydrogen-bond donors (Lipinski definition) is 2. The highest BCUT2D eigenvalue weighted by atomic mass is 16.2. The number of carbonyl (C=O) groups is 2. The molecule has 1 aliphatic heterocycles. The van der Waals surface area contributed by atoms with Crippen LogP contribution in [0.4, 0.5) is 0 Å². The Morgan fingerprint density at radius 1 is 1.62 bits per heavy atom.